The van der Waals surface area contributed by atoms with Gasteiger partial charge in [0.15, 0.2) is 6.10 Å². The summed E-state index contributed by atoms with van der Waals surface area (Å²) in [5.74, 6) is -0.663. The van der Waals surface area contributed by atoms with E-state index < -0.39 is 23.7 Å². The molecule has 29 heavy (non-hydrogen) atoms. The van der Waals surface area contributed by atoms with Gasteiger partial charge in [-0.2, -0.15) is 0 Å². The van der Waals surface area contributed by atoms with Gasteiger partial charge in [0.25, 0.3) is 11.8 Å². The molecule has 0 heterocycles. The van der Waals surface area contributed by atoms with E-state index in [4.69, 9.17) is 16.3 Å². The first kappa shape index (κ1) is 20.4. The fourth-order valence-electron chi connectivity index (χ4n) is 2.49. The number of anilines is 2. The lowest BCUT2D eigenvalue weighted by molar-refractivity contribution is -0.122. The van der Waals surface area contributed by atoms with E-state index in [1.165, 1.54) is 42.5 Å². The fourth-order valence-corrected chi connectivity index (χ4v) is 2.65. The number of hydrogen-bond acceptors (Lipinski definition) is 3. The van der Waals surface area contributed by atoms with E-state index in [-0.39, 0.29) is 16.3 Å². The summed E-state index contributed by atoms with van der Waals surface area (Å²) in [6.07, 6.45) is -0.773. The normalized spacial score (nSPS) is 11.4. The molecule has 0 bridgehead atoms. The Balaban J connectivity index is 1.68. The van der Waals surface area contributed by atoms with Gasteiger partial charge in [-0.1, -0.05) is 29.8 Å². The summed E-state index contributed by atoms with van der Waals surface area (Å²) in [7, 11) is 0. The van der Waals surface area contributed by atoms with E-state index in [0.29, 0.717) is 11.4 Å². The van der Waals surface area contributed by atoms with Crippen LogP contribution >= 0.6 is 11.6 Å². The lowest BCUT2D eigenvalue weighted by Gasteiger charge is -2.16. The van der Waals surface area contributed by atoms with Crippen LogP contribution < -0.4 is 15.4 Å². The summed E-state index contributed by atoms with van der Waals surface area (Å²) in [4.78, 5) is 24.9. The van der Waals surface area contributed by atoms with Crippen molar-refractivity contribution >= 4 is 34.8 Å². The predicted octanol–water partition coefficient (Wildman–Crippen LogP) is 5.14. The zero-order chi connectivity index (χ0) is 20.8. The Bertz CT molecular complexity index is 1010. The van der Waals surface area contributed by atoms with Crippen LogP contribution in [-0.4, -0.2) is 17.9 Å². The van der Waals surface area contributed by atoms with Crippen molar-refractivity contribution < 1.29 is 18.7 Å². The van der Waals surface area contributed by atoms with Crippen molar-refractivity contribution in [2.45, 2.75) is 13.0 Å². The average Bonchev–Trinajstić information content (AvgIpc) is 2.72. The zero-order valence-corrected chi connectivity index (χ0v) is 16.2. The standard InChI is InChI=1S/C22H18ClFN2O3/c1-14(29-18-5-3-2-4-6-18)21(27)26-20-13-15(7-12-19(20)23)22(28)25-17-10-8-16(24)9-11-17/h2-14H,1H3,(H,25,28)(H,26,27)/t14-/m1/s1. The molecule has 0 fully saturated rings. The third kappa shape index (κ3) is 5.56. The lowest BCUT2D eigenvalue weighted by Crippen LogP contribution is -2.30. The number of rotatable bonds is 6. The minimum absolute atomic E-state index is 0.281. The van der Waals surface area contributed by atoms with Gasteiger partial charge in [-0.25, -0.2) is 4.39 Å². The van der Waals surface area contributed by atoms with Gasteiger partial charge in [0.05, 0.1) is 10.7 Å². The van der Waals surface area contributed by atoms with Crippen LogP contribution in [0.4, 0.5) is 15.8 Å². The van der Waals surface area contributed by atoms with Gasteiger partial charge < -0.3 is 15.4 Å². The molecule has 1 atom stereocenters. The number of nitrogens with one attached hydrogen (secondary N) is 2. The van der Waals surface area contributed by atoms with Crippen LogP contribution in [0, 0.1) is 5.82 Å². The van der Waals surface area contributed by atoms with Crippen LogP contribution in [0.3, 0.4) is 0 Å². The maximum Gasteiger partial charge on any atom is 0.265 e. The molecule has 5 nitrogen and oxygen atoms in total. The maximum absolute atomic E-state index is 13.0. The molecule has 7 heteroatoms. The van der Waals surface area contributed by atoms with E-state index in [1.807, 2.05) is 6.07 Å². The highest BCUT2D eigenvalue weighted by Gasteiger charge is 2.17. The molecule has 148 valence electrons. The Kier molecular flexibility index (Phi) is 6.46. The molecule has 0 saturated carbocycles. The molecule has 0 aliphatic carbocycles. The third-order valence-electron chi connectivity index (χ3n) is 4.01. The van der Waals surface area contributed by atoms with E-state index in [1.54, 1.807) is 31.2 Å². The highest BCUT2D eigenvalue weighted by molar-refractivity contribution is 6.34. The summed E-state index contributed by atoms with van der Waals surface area (Å²) in [5.41, 5.74) is 1.01. The second-order valence-corrected chi connectivity index (χ2v) is 6.63. The summed E-state index contributed by atoms with van der Waals surface area (Å²) >= 11 is 6.16. The van der Waals surface area contributed by atoms with Crippen LogP contribution in [0.2, 0.25) is 5.02 Å². The van der Waals surface area contributed by atoms with Crippen molar-refractivity contribution in [2.24, 2.45) is 0 Å². The molecule has 0 unspecified atom stereocenters. The molecule has 0 aliphatic rings. The SMILES string of the molecule is C[C@@H](Oc1ccccc1)C(=O)Nc1cc(C(=O)Nc2ccc(F)cc2)ccc1Cl. The molecular weight excluding hydrogens is 395 g/mol. The van der Waals surface area contributed by atoms with E-state index in [9.17, 15) is 14.0 Å². The van der Waals surface area contributed by atoms with Gasteiger partial charge in [0.2, 0.25) is 0 Å². The van der Waals surface area contributed by atoms with E-state index >= 15 is 0 Å². The Morgan fingerprint density at radius 1 is 0.966 bits per heavy atom. The lowest BCUT2D eigenvalue weighted by atomic mass is 10.1. The van der Waals surface area contributed by atoms with Crippen LogP contribution in [0.25, 0.3) is 0 Å². The highest BCUT2D eigenvalue weighted by atomic mass is 35.5. The summed E-state index contributed by atoms with van der Waals surface area (Å²) in [5, 5.41) is 5.61. The van der Waals surface area contributed by atoms with Gasteiger partial charge in [-0.3, -0.25) is 9.59 Å². The van der Waals surface area contributed by atoms with E-state index in [2.05, 4.69) is 10.6 Å². The Morgan fingerprint density at radius 2 is 1.66 bits per heavy atom. The van der Waals surface area contributed by atoms with E-state index in [0.717, 1.165) is 0 Å². The molecule has 0 saturated heterocycles. The molecule has 2 N–H and O–H groups in total. The maximum atomic E-state index is 13.0. The second-order valence-electron chi connectivity index (χ2n) is 6.22. The topological polar surface area (TPSA) is 67.4 Å². The number of para-hydroxylation sites is 1. The van der Waals surface area contributed by atoms with Crippen molar-refractivity contribution in [3.05, 3.63) is 89.2 Å². The van der Waals surface area contributed by atoms with Gasteiger partial charge in [-0.05, 0) is 61.5 Å². The first-order valence-electron chi connectivity index (χ1n) is 8.81. The number of halogens is 2. The minimum Gasteiger partial charge on any atom is -0.481 e. The Hall–Kier alpha value is -3.38. The number of carbonyl (C=O) groups is 2. The molecule has 0 aromatic heterocycles. The number of hydrogen-bond donors (Lipinski definition) is 2. The van der Waals surface area contributed by atoms with Crippen molar-refractivity contribution in [2.75, 3.05) is 10.6 Å². The number of benzene rings is 3. The van der Waals surface area contributed by atoms with Gasteiger partial charge in [0.1, 0.15) is 11.6 Å². The Morgan fingerprint density at radius 3 is 2.34 bits per heavy atom. The number of carbonyl (C=O) groups excluding carboxylic acids is 2. The highest BCUT2D eigenvalue weighted by Crippen LogP contribution is 2.24. The zero-order valence-electron chi connectivity index (χ0n) is 15.5. The molecule has 0 aliphatic heterocycles. The summed E-state index contributed by atoms with van der Waals surface area (Å²) in [6.45, 7) is 1.61. The van der Waals surface area contributed by atoms with Crippen LogP contribution in [-0.2, 0) is 4.79 Å². The van der Waals surface area contributed by atoms with Gasteiger partial charge >= 0.3 is 0 Å². The van der Waals surface area contributed by atoms with Crippen LogP contribution in [0.1, 0.15) is 17.3 Å². The van der Waals surface area contributed by atoms with Crippen molar-refractivity contribution in [1.82, 2.24) is 0 Å². The van der Waals surface area contributed by atoms with Gasteiger partial charge in [0, 0.05) is 11.3 Å². The molecule has 0 spiro atoms. The largest absolute Gasteiger partial charge is 0.481 e. The molecule has 3 rings (SSSR count). The number of ether oxygens (including phenoxy) is 1. The van der Waals surface area contributed by atoms with Crippen molar-refractivity contribution in [3.63, 3.8) is 0 Å². The monoisotopic (exact) mass is 412 g/mol. The molecule has 2 amide bonds. The predicted molar refractivity (Wildman–Crippen MR) is 111 cm³/mol. The summed E-state index contributed by atoms with van der Waals surface area (Å²) in [6, 6.07) is 18.9. The first-order valence-corrected chi connectivity index (χ1v) is 9.19. The molecular formula is C22H18ClFN2O3. The van der Waals surface area contributed by atoms with Crippen LogP contribution in [0.15, 0.2) is 72.8 Å². The quantitative estimate of drug-likeness (QED) is 0.589. The average molecular weight is 413 g/mol. The molecule has 3 aromatic carbocycles. The molecule has 3 aromatic rings. The van der Waals surface area contributed by atoms with Crippen molar-refractivity contribution in [1.29, 1.82) is 0 Å². The summed E-state index contributed by atoms with van der Waals surface area (Å²) < 4.78 is 18.6. The van der Waals surface area contributed by atoms with Crippen LogP contribution in [0.5, 0.6) is 5.75 Å². The minimum atomic E-state index is -0.773. The smallest absolute Gasteiger partial charge is 0.265 e. The first-order chi connectivity index (χ1) is 13.9. The second kappa shape index (κ2) is 9.21. The fraction of sp³-hybridized carbons (Fsp3) is 0.0909. The third-order valence-corrected chi connectivity index (χ3v) is 4.34. The number of amides is 2. The van der Waals surface area contributed by atoms with Gasteiger partial charge in [-0.15, -0.1) is 0 Å². The Labute approximate surface area is 172 Å². The van der Waals surface area contributed by atoms with Crippen molar-refractivity contribution in [3.8, 4) is 5.75 Å². The molecule has 0 radical (unpaired) electrons.